The van der Waals surface area contributed by atoms with Crippen LogP contribution < -0.4 is 0 Å². The van der Waals surface area contributed by atoms with E-state index in [9.17, 15) is 0 Å². The molecule has 0 amide bonds. The maximum Gasteiger partial charge on any atom is 0.0423 e. The lowest BCUT2D eigenvalue weighted by Gasteiger charge is -2.33. The summed E-state index contributed by atoms with van der Waals surface area (Å²) in [7, 11) is 0. The summed E-state index contributed by atoms with van der Waals surface area (Å²) in [5.41, 5.74) is 60.0. The average Bonchev–Trinajstić information content (AvgIpc) is 0.750. The van der Waals surface area contributed by atoms with Gasteiger partial charge < -0.3 is 0 Å². The number of aryl methyl sites for hydroxylation is 24. The minimum absolute atomic E-state index is 0.0453. The summed E-state index contributed by atoms with van der Waals surface area (Å²) in [5, 5.41) is 0. The highest BCUT2D eigenvalue weighted by molar-refractivity contribution is 5.59. The standard InChI is InChI=1S/C44H50.C32H34.C31H40.C25H28/c1-25-17-33(9)39(21-29(25)5)43(40-22-30(6)26(2)18-34(40)10)37-13-15-38(16-14-37)44(41-23-31(7)27(3)19-35(41)11)42-24-32(8)28(4)20-36(42)12;1-23-7-13-26(14-8-23)31(4,5)27-19-21-30(22-20-27)32(6,28-15-9-24(2)10-16-28)29-17-11-25(3)12-18-29;1-18-11-28(12-19(2)25(18)8)24(7)17-31(29-13-20(3)26(9)21(4)14-29)30-15-22(5)27(10)23(6)16-30;1-18-5-11-22(12-6-18)21(4)17-25(23-13-7-19(2)8-14-23)24-15-9-20(3)10-16-24/h13-24,43-44H,1-12H3;7-22H,1-6H3;11-16,24,31H,17H2,1-10H3;5-16,21,25H,17H2,1-4H3. The highest BCUT2D eigenvalue weighted by atomic mass is 14.4. The van der Waals surface area contributed by atoms with Gasteiger partial charge in [0.2, 0.25) is 0 Å². The van der Waals surface area contributed by atoms with E-state index in [0.717, 1.165) is 12.8 Å². The lowest BCUT2D eigenvalue weighted by Crippen LogP contribution is -2.26. The highest BCUT2D eigenvalue weighted by Gasteiger charge is 2.34. The Morgan fingerprint density at radius 3 is 0.629 bits per heavy atom. The van der Waals surface area contributed by atoms with Crippen molar-refractivity contribution in [2.45, 2.75) is 281 Å². The summed E-state index contributed by atoms with van der Waals surface area (Å²) in [6.07, 6.45) is 2.24. The van der Waals surface area contributed by atoms with E-state index in [2.05, 4.69) is 501 Å². The van der Waals surface area contributed by atoms with Crippen molar-refractivity contribution in [1.29, 1.82) is 0 Å². The van der Waals surface area contributed by atoms with Crippen LogP contribution >= 0.6 is 0 Å². The second-order valence-electron chi connectivity index (χ2n) is 41.1. The minimum atomic E-state index is -0.214. The fourth-order valence-corrected chi connectivity index (χ4v) is 20.0. The molecule has 0 fully saturated rings. The van der Waals surface area contributed by atoms with Crippen molar-refractivity contribution >= 4 is 0 Å². The molecule has 0 bridgehead atoms. The van der Waals surface area contributed by atoms with Gasteiger partial charge in [-0.3, -0.25) is 0 Å². The van der Waals surface area contributed by atoms with Crippen LogP contribution in [-0.4, -0.2) is 0 Å². The van der Waals surface area contributed by atoms with Gasteiger partial charge in [-0.05, 0) is 430 Å². The quantitative estimate of drug-likeness (QED) is 0.0629. The molecule has 132 heavy (non-hydrogen) atoms. The van der Waals surface area contributed by atoms with E-state index in [4.69, 9.17) is 0 Å². The van der Waals surface area contributed by atoms with Crippen LogP contribution in [0.2, 0.25) is 0 Å². The molecule has 2 atom stereocenters. The minimum Gasteiger partial charge on any atom is -0.0590 e. The third kappa shape index (κ3) is 23.0. The Morgan fingerprint density at radius 1 is 0.174 bits per heavy atom. The first kappa shape index (κ1) is 99.3. The van der Waals surface area contributed by atoms with E-state index in [1.54, 1.807) is 0 Å². The molecule has 0 aliphatic rings. The van der Waals surface area contributed by atoms with Gasteiger partial charge in [-0.15, -0.1) is 0 Å². The SMILES string of the molecule is Cc1cc(C(C)CC(c2cc(C)c(C)c(C)c2)c2cc(C)c(C)c(C)c2)cc(C)c1C.Cc1cc(C)c(C(c2ccc(C(c3cc(C)c(C)cc3C)c3cc(C)c(C)cc3C)cc2)c2cc(C)c(C)cc2C)cc1C.Cc1ccc(C(C)(C)c2ccc(C(C)(c3ccc(C)cc3)c3ccc(C)cc3)cc2)cc1.Cc1ccc(C(C)CC(c2ccc(C)cc2)c2ccc(C)cc2)cc1. The van der Waals surface area contributed by atoms with Crippen molar-refractivity contribution in [3.8, 4) is 0 Å². The van der Waals surface area contributed by atoms with E-state index >= 15 is 0 Å². The van der Waals surface area contributed by atoms with Crippen molar-refractivity contribution in [2.24, 2.45) is 0 Å². The van der Waals surface area contributed by atoms with Gasteiger partial charge in [0.25, 0.3) is 0 Å². The maximum atomic E-state index is 2.43. The van der Waals surface area contributed by atoms with Gasteiger partial charge in [0, 0.05) is 34.5 Å². The second-order valence-corrected chi connectivity index (χ2v) is 41.1. The van der Waals surface area contributed by atoms with E-state index in [-0.39, 0.29) is 22.7 Å². The molecule has 15 rings (SSSR count). The summed E-state index contributed by atoms with van der Waals surface area (Å²) < 4.78 is 0. The van der Waals surface area contributed by atoms with Gasteiger partial charge in [0.05, 0.1) is 0 Å². The van der Waals surface area contributed by atoms with Crippen molar-refractivity contribution in [1.82, 2.24) is 0 Å². The van der Waals surface area contributed by atoms with Crippen LogP contribution in [0.4, 0.5) is 0 Å². The molecule has 0 N–H and O–H groups in total. The lowest BCUT2D eigenvalue weighted by molar-refractivity contribution is 0.614. The fourth-order valence-electron chi connectivity index (χ4n) is 20.0. The Morgan fingerprint density at radius 2 is 0.364 bits per heavy atom. The molecule has 0 saturated carbocycles. The van der Waals surface area contributed by atoms with E-state index in [1.807, 2.05) is 0 Å². The second kappa shape index (κ2) is 42.5. The van der Waals surface area contributed by atoms with Crippen molar-refractivity contribution < 1.29 is 0 Å². The fraction of sp³-hybridized carbons (Fsp3) is 0.318. The number of benzene rings is 15. The van der Waals surface area contributed by atoms with Gasteiger partial charge in [-0.1, -0.05) is 340 Å². The summed E-state index contributed by atoms with van der Waals surface area (Å²) in [4.78, 5) is 0. The lowest BCUT2D eigenvalue weighted by atomic mass is 9.70. The van der Waals surface area contributed by atoms with Gasteiger partial charge in [0.1, 0.15) is 0 Å². The molecular weight excluding hydrogens is 1590 g/mol. The summed E-state index contributed by atoms with van der Waals surface area (Å²) >= 11 is 0. The normalized spacial score (nSPS) is 12.1. The van der Waals surface area contributed by atoms with Crippen LogP contribution in [0, 0.1) is 187 Å². The highest BCUT2D eigenvalue weighted by Crippen LogP contribution is 2.46. The third-order valence-corrected chi connectivity index (χ3v) is 30.6. The third-order valence-electron chi connectivity index (χ3n) is 30.6. The molecule has 0 saturated heterocycles. The van der Waals surface area contributed by atoms with Gasteiger partial charge in [-0.2, -0.15) is 0 Å². The van der Waals surface area contributed by atoms with Crippen LogP contribution in [0.5, 0.6) is 0 Å². The molecule has 0 heteroatoms. The molecule has 0 aromatic heterocycles. The Bertz CT molecular complexity index is 6040. The van der Waals surface area contributed by atoms with Crippen LogP contribution in [-0.2, 0) is 10.8 Å². The summed E-state index contributed by atoms with van der Waals surface area (Å²) in [5.74, 6) is 2.19. The summed E-state index contributed by atoms with van der Waals surface area (Å²) in [6.45, 7) is 71.8. The van der Waals surface area contributed by atoms with E-state index in [1.165, 1.54) is 245 Å². The predicted octanol–water partition coefficient (Wildman–Crippen LogP) is 35.8. The molecule has 680 valence electrons. The van der Waals surface area contributed by atoms with E-state index in [0.29, 0.717) is 23.7 Å². The Hall–Kier alpha value is -11.7. The molecule has 0 radical (unpaired) electrons. The largest absolute Gasteiger partial charge is 0.0590 e. The smallest absolute Gasteiger partial charge is 0.0423 e. The van der Waals surface area contributed by atoms with Crippen molar-refractivity contribution in [2.75, 3.05) is 0 Å². The summed E-state index contributed by atoms with van der Waals surface area (Å²) in [6, 6.07) is 107. The first-order valence-electron chi connectivity index (χ1n) is 48.7. The van der Waals surface area contributed by atoms with Crippen LogP contribution in [0.25, 0.3) is 0 Å². The van der Waals surface area contributed by atoms with E-state index < -0.39 is 0 Å². The van der Waals surface area contributed by atoms with Gasteiger partial charge in [-0.25, -0.2) is 0 Å². The van der Waals surface area contributed by atoms with Crippen molar-refractivity contribution in [3.05, 3.63) is 524 Å². The first-order valence-corrected chi connectivity index (χ1v) is 48.7. The first-order chi connectivity index (χ1) is 62.5. The molecular formula is C132H152. The van der Waals surface area contributed by atoms with Gasteiger partial charge >= 0.3 is 0 Å². The van der Waals surface area contributed by atoms with Gasteiger partial charge in [0.15, 0.2) is 0 Å². The van der Waals surface area contributed by atoms with Crippen LogP contribution in [0.3, 0.4) is 0 Å². The molecule has 2 unspecified atom stereocenters. The molecule has 0 aliphatic carbocycles. The van der Waals surface area contributed by atoms with Crippen molar-refractivity contribution in [3.63, 3.8) is 0 Å². The molecule has 15 aromatic rings. The predicted molar refractivity (Wildman–Crippen MR) is 574 cm³/mol. The molecule has 0 aliphatic heterocycles. The molecule has 0 spiro atoms. The zero-order valence-electron chi connectivity index (χ0n) is 86.4. The van der Waals surface area contributed by atoms with Crippen LogP contribution in [0.1, 0.15) is 328 Å². The Labute approximate surface area is 799 Å². The number of hydrogen-bond acceptors (Lipinski definition) is 0. The number of rotatable bonds is 21. The van der Waals surface area contributed by atoms with Crippen LogP contribution in [0.15, 0.2) is 279 Å². The molecule has 0 nitrogen and oxygen atoms in total. The Balaban J connectivity index is 0.000000162. The maximum absolute atomic E-state index is 2.43. The Kier molecular flexibility index (Phi) is 31.9. The average molecular weight is 1740 g/mol. The number of hydrogen-bond donors (Lipinski definition) is 0. The zero-order chi connectivity index (χ0) is 95.8. The zero-order valence-corrected chi connectivity index (χ0v) is 86.4. The monoisotopic (exact) mass is 1740 g/mol. The topological polar surface area (TPSA) is 0 Å². The molecule has 0 heterocycles. The molecule has 15 aromatic carbocycles.